The van der Waals surface area contributed by atoms with Crippen LogP contribution in [0.2, 0.25) is 5.02 Å². The average molecular weight is 337 g/mol. The van der Waals surface area contributed by atoms with Gasteiger partial charge in [-0.3, -0.25) is 9.69 Å². The molecule has 0 saturated heterocycles. The Morgan fingerprint density at radius 2 is 2.17 bits per heavy atom. The van der Waals surface area contributed by atoms with Crippen LogP contribution in [-0.2, 0) is 11.3 Å². The molecule has 2 aromatic rings. The first kappa shape index (κ1) is 17.5. The van der Waals surface area contributed by atoms with Gasteiger partial charge in [0.05, 0.1) is 25.9 Å². The molecule has 0 spiro atoms. The van der Waals surface area contributed by atoms with E-state index in [9.17, 15) is 4.79 Å². The van der Waals surface area contributed by atoms with Gasteiger partial charge in [0.2, 0.25) is 5.91 Å². The third-order valence-electron chi connectivity index (χ3n) is 3.49. The maximum absolute atomic E-state index is 12.1. The predicted octanol–water partition coefficient (Wildman–Crippen LogP) is 1.84. The fourth-order valence-corrected chi connectivity index (χ4v) is 2.42. The van der Waals surface area contributed by atoms with E-state index >= 15 is 0 Å². The standard InChI is InChI=1S/C16H21ClN4O2/c1-2-20(9-10-22)12-16(23)19-15-7-8-18-21(15)11-13-5-3-4-6-14(13)17/h3-8,22H,2,9-12H2,1H3,(H,19,23). The van der Waals surface area contributed by atoms with Crippen molar-refractivity contribution in [1.29, 1.82) is 0 Å². The van der Waals surface area contributed by atoms with Gasteiger partial charge in [-0.25, -0.2) is 4.68 Å². The number of likely N-dealkylation sites (N-methyl/N-ethyl adjacent to an activating group) is 1. The largest absolute Gasteiger partial charge is 0.395 e. The quantitative estimate of drug-likeness (QED) is 0.771. The number of hydrogen-bond donors (Lipinski definition) is 2. The molecule has 124 valence electrons. The normalized spacial score (nSPS) is 11.0. The van der Waals surface area contributed by atoms with Crippen LogP contribution >= 0.6 is 11.6 Å². The molecular formula is C16H21ClN4O2. The van der Waals surface area contributed by atoms with Crippen molar-refractivity contribution in [2.75, 3.05) is 31.6 Å². The Labute approximate surface area is 140 Å². The van der Waals surface area contributed by atoms with Crippen LogP contribution in [0.15, 0.2) is 36.5 Å². The Morgan fingerprint density at radius 1 is 1.39 bits per heavy atom. The Morgan fingerprint density at radius 3 is 2.87 bits per heavy atom. The van der Waals surface area contributed by atoms with E-state index in [2.05, 4.69) is 10.4 Å². The van der Waals surface area contributed by atoms with Crippen molar-refractivity contribution >= 4 is 23.3 Å². The number of halogens is 1. The van der Waals surface area contributed by atoms with Gasteiger partial charge >= 0.3 is 0 Å². The van der Waals surface area contributed by atoms with E-state index in [0.29, 0.717) is 30.5 Å². The highest BCUT2D eigenvalue weighted by Gasteiger charge is 2.12. The average Bonchev–Trinajstić information content (AvgIpc) is 2.96. The molecule has 0 saturated carbocycles. The van der Waals surface area contributed by atoms with E-state index in [-0.39, 0.29) is 19.1 Å². The number of anilines is 1. The summed E-state index contributed by atoms with van der Waals surface area (Å²) in [7, 11) is 0. The predicted molar refractivity (Wildman–Crippen MR) is 90.6 cm³/mol. The number of aromatic nitrogens is 2. The Kier molecular flexibility index (Phi) is 6.58. The lowest BCUT2D eigenvalue weighted by Crippen LogP contribution is -2.35. The highest BCUT2D eigenvalue weighted by Crippen LogP contribution is 2.18. The summed E-state index contributed by atoms with van der Waals surface area (Å²) in [4.78, 5) is 14.0. The first-order valence-corrected chi connectivity index (χ1v) is 7.90. The van der Waals surface area contributed by atoms with Crippen LogP contribution in [0.25, 0.3) is 0 Å². The zero-order chi connectivity index (χ0) is 16.7. The van der Waals surface area contributed by atoms with Crippen LogP contribution in [0.4, 0.5) is 5.82 Å². The molecule has 1 heterocycles. The van der Waals surface area contributed by atoms with Gasteiger partial charge in [0, 0.05) is 17.6 Å². The Bertz CT molecular complexity index is 645. The molecule has 0 aliphatic rings. The molecule has 0 bridgehead atoms. The van der Waals surface area contributed by atoms with E-state index in [1.165, 1.54) is 0 Å². The van der Waals surface area contributed by atoms with E-state index in [0.717, 1.165) is 5.56 Å². The molecule has 2 rings (SSSR count). The fourth-order valence-electron chi connectivity index (χ4n) is 2.23. The third kappa shape index (κ3) is 5.06. The number of benzene rings is 1. The summed E-state index contributed by atoms with van der Waals surface area (Å²) < 4.78 is 1.70. The second-order valence-electron chi connectivity index (χ2n) is 5.11. The number of nitrogens with zero attached hydrogens (tertiary/aromatic N) is 3. The van der Waals surface area contributed by atoms with Gasteiger partial charge in [0.25, 0.3) is 0 Å². The van der Waals surface area contributed by atoms with Crippen LogP contribution in [0.3, 0.4) is 0 Å². The minimum absolute atomic E-state index is 0.0333. The highest BCUT2D eigenvalue weighted by molar-refractivity contribution is 6.31. The number of aliphatic hydroxyl groups is 1. The molecule has 1 aromatic carbocycles. The van der Waals surface area contributed by atoms with E-state index in [1.807, 2.05) is 36.1 Å². The minimum atomic E-state index is -0.138. The number of carbonyl (C=O) groups is 1. The Hall–Kier alpha value is -1.89. The molecule has 0 atom stereocenters. The summed E-state index contributed by atoms with van der Waals surface area (Å²) in [6, 6.07) is 9.29. The van der Waals surface area contributed by atoms with Crippen LogP contribution in [-0.4, -0.2) is 51.9 Å². The molecule has 0 aliphatic heterocycles. The number of aliphatic hydroxyl groups excluding tert-OH is 1. The van der Waals surface area contributed by atoms with Crippen molar-refractivity contribution in [2.45, 2.75) is 13.5 Å². The Balaban J connectivity index is 2.01. The van der Waals surface area contributed by atoms with Crippen molar-refractivity contribution < 1.29 is 9.90 Å². The zero-order valence-electron chi connectivity index (χ0n) is 13.1. The van der Waals surface area contributed by atoms with Crippen LogP contribution in [0.1, 0.15) is 12.5 Å². The lowest BCUT2D eigenvalue weighted by molar-refractivity contribution is -0.117. The van der Waals surface area contributed by atoms with E-state index in [1.54, 1.807) is 16.9 Å². The number of rotatable bonds is 8. The summed E-state index contributed by atoms with van der Waals surface area (Å²) in [5.41, 5.74) is 0.934. The van der Waals surface area contributed by atoms with Gasteiger partial charge in [-0.15, -0.1) is 0 Å². The van der Waals surface area contributed by atoms with Gasteiger partial charge in [0.15, 0.2) is 0 Å². The first-order chi connectivity index (χ1) is 11.1. The summed E-state index contributed by atoms with van der Waals surface area (Å²) in [5.74, 6) is 0.483. The fraction of sp³-hybridized carbons (Fsp3) is 0.375. The molecule has 1 aromatic heterocycles. The summed E-state index contributed by atoms with van der Waals surface area (Å²) in [5, 5.41) is 16.7. The molecule has 23 heavy (non-hydrogen) atoms. The maximum Gasteiger partial charge on any atom is 0.239 e. The molecule has 0 aliphatic carbocycles. The summed E-state index contributed by atoms with van der Waals surface area (Å²) >= 11 is 6.16. The van der Waals surface area contributed by atoms with Crippen molar-refractivity contribution in [3.8, 4) is 0 Å². The van der Waals surface area contributed by atoms with Crippen molar-refractivity contribution in [1.82, 2.24) is 14.7 Å². The highest BCUT2D eigenvalue weighted by atomic mass is 35.5. The van der Waals surface area contributed by atoms with Crippen LogP contribution in [0, 0.1) is 0 Å². The van der Waals surface area contributed by atoms with Gasteiger partial charge in [-0.1, -0.05) is 36.7 Å². The molecule has 2 N–H and O–H groups in total. The van der Waals surface area contributed by atoms with E-state index in [4.69, 9.17) is 16.7 Å². The first-order valence-electron chi connectivity index (χ1n) is 7.52. The molecule has 0 unspecified atom stereocenters. The van der Waals surface area contributed by atoms with Gasteiger partial charge in [-0.2, -0.15) is 5.10 Å². The van der Waals surface area contributed by atoms with Crippen molar-refractivity contribution in [2.24, 2.45) is 0 Å². The number of amides is 1. The maximum atomic E-state index is 12.1. The second-order valence-corrected chi connectivity index (χ2v) is 5.51. The number of nitrogens with one attached hydrogen (secondary N) is 1. The second kappa shape index (κ2) is 8.67. The number of carbonyl (C=O) groups excluding carboxylic acids is 1. The smallest absolute Gasteiger partial charge is 0.239 e. The molecule has 6 nitrogen and oxygen atoms in total. The third-order valence-corrected chi connectivity index (χ3v) is 3.86. The van der Waals surface area contributed by atoms with Gasteiger partial charge < -0.3 is 10.4 Å². The zero-order valence-corrected chi connectivity index (χ0v) is 13.8. The summed E-state index contributed by atoms with van der Waals surface area (Å²) in [6.07, 6.45) is 1.64. The van der Waals surface area contributed by atoms with Crippen molar-refractivity contribution in [3.63, 3.8) is 0 Å². The SMILES string of the molecule is CCN(CCO)CC(=O)Nc1ccnn1Cc1ccccc1Cl. The number of hydrogen-bond acceptors (Lipinski definition) is 4. The molecule has 7 heteroatoms. The molecule has 0 fully saturated rings. The molecule has 0 radical (unpaired) electrons. The molecule has 1 amide bonds. The minimum Gasteiger partial charge on any atom is -0.395 e. The monoisotopic (exact) mass is 336 g/mol. The van der Waals surface area contributed by atoms with Crippen LogP contribution in [0.5, 0.6) is 0 Å². The topological polar surface area (TPSA) is 70.4 Å². The molecular weight excluding hydrogens is 316 g/mol. The lowest BCUT2D eigenvalue weighted by Gasteiger charge is -2.18. The van der Waals surface area contributed by atoms with Crippen LogP contribution < -0.4 is 5.32 Å². The van der Waals surface area contributed by atoms with E-state index < -0.39 is 0 Å². The lowest BCUT2D eigenvalue weighted by atomic mass is 10.2. The van der Waals surface area contributed by atoms with Gasteiger partial charge in [0.1, 0.15) is 5.82 Å². The van der Waals surface area contributed by atoms with Gasteiger partial charge in [-0.05, 0) is 18.2 Å². The van der Waals surface area contributed by atoms with Crippen molar-refractivity contribution in [3.05, 3.63) is 47.1 Å². The summed E-state index contributed by atoms with van der Waals surface area (Å²) in [6.45, 7) is 3.87.